The first-order chi connectivity index (χ1) is 24.8. The van der Waals surface area contributed by atoms with Gasteiger partial charge in [-0.3, -0.25) is 4.79 Å². The molecule has 8 atom stereocenters. The molecule has 300 valence electrons. The van der Waals surface area contributed by atoms with Crippen LogP contribution in [-0.4, -0.2) is 98.7 Å². The predicted molar refractivity (Wildman–Crippen MR) is 204 cm³/mol. The Bertz CT molecular complexity index is 870. The number of carbonyl (C=O) groups excluding carboxylic acids is 1. The zero-order valence-electron chi connectivity index (χ0n) is 32.2. The molecule has 1 heterocycles. The summed E-state index contributed by atoms with van der Waals surface area (Å²) in [5.74, 6) is -0.635. The van der Waals surface area contributed by atoms with Gasteiger partial charge in [0, 0.05) is 0 Å². The van der Waals surface area contributed by atoms with Gasteiger partial charge in [0.15, 0.2) is 6.29 Å². The largest absolute Gasteiger partial charge is 0.394 e. The Labute approximate surface area is 310 Å². The number of rotatable bonds is 33. The van der Waals surface area contributed by atoms with Crippen LogP contribution >= 0.6 is 0 Å². The van der Waals surface area contributed by atoms with Gasteiger partial charge in [0.25, 0.3) is 0 Å². The lowest BCUT2D eigenvalue weighted by Gasteiger charge is -2.40. The summed E-state index contributed by atoms with van der Waals surface area (Å²) in [4.78, 5) is 12.9. The average Bonchev–Trinajstić information content (AvgIpc) is 3.13. The molecule has 0 aromatic carbocycles. The normalized spacial score (nSPS) is 22.9. The van der Waals surface area contributed by atoms with E-state index in [9.17, 15) is 35.4 Å². The lowest BCUT2D eigenvalue weighted by Crippen LogP contribution is -2.60. The Morgan fingerprint density at radius 3 is 1.69 bits per heavy atom. The maximum absolute atomic E-state index is 12.9. The van der Waals surface area contributed by atoms with Gasteiger partial charge in [0.05, 0.1) is 25.4 Å². The first-order valence-electron chi connectivity index (χ1n) is 20.7. The fourth-order valence-electron chi connectivity index (χ4n) is 6.45. The van der Waals surface area contributed by atoms with E-state index in [0.717, 1.165) is 32.1 Å². The van der Waals surface area contributed by atoms with Crippen LogP contribution in [0.15, 0.2) is 24.3 Å². The van der Waals surface area contributed by atoms with Crippen LogP contribution in [0.5, 0.6) is 0 Å². The van der Waals surface area contributed by atoms with Gasteiger partial charge in [-0.2, -0.15) is 0 Å². The van der Waals surface area contributed by atoms with Crippen molar-refractivity contribution in [3.05, 3.63) is 24.3 Å². The number of allylic oxidation sites excluding steroid dienone is 3. The Morgan fingerprint density at radius 1 is 0.686 bits per heavy atom. The van der Waals surface area contributed by atoms with Gasteiger partial charge in [-0.15, -0.1) is 0 Å². The second-order valence-electron chi connectivity index (χ2n) is 14.6. The number of hydrogen-bond acceptors (Lipinski definition) is 9. The molecule has 1 fully saturated rings. The third-order valence-corrected chi connectivity index (χ3v) is 9.94. The predicted octanol–water partition coefficient (Wildman–Crippen LogP) is 6.52. The molecule has 1 rings (SSSR count). The molecule has 0 aromatic rings. The van der Waals surface area contributed by atoms with Gasteiger partial charge < -0.3 is 45.4 Å². The summed E-state index contributed by atoms with van der Waals surface area (Å²) in [5, 5.41) is 64.2. The van der Waals surface area contributed by atoms with Crippen molar-refractivity contribution in [3.8, 4) is 0 Å². The maximum atomic E-state index is 12.9. The topological polar surface area (TPSA) is 169 Å². The second kappa shape index (κ2) is 32.1. The van der Waals surface area contributed by atoms with E-state index in [1.807, 2.05) is 12.2 Å². The number of carbonyl (C=O) groups is 1. The maximum Gasteiger partial charge on any atom is 0.249 e. The second-order valence-corrected chi connectivity index (χ2v) is 14.6. The van der Waals surface area contributed by atoms with E-state index in [0.29, 0.717) is 12.8 Å². The van der Waals surface area contributed by atoms with E-state index in [-0.39, 0.29) is 6.61 Å². The fourth-order valence-corrected chi connectivity index (χ4v) is 6.45. The number of ether oxygens (including phenoxy) is 2. The molecule has 0 bridgehead atoms. The van der Waals surface area contributed by atoms with Crippen molar-refractivity contribution in [3.63, 3.8) is 0 Å². The quantitative estimate of drug-likeness (QED) is 0.0294. The van der Waals surface area contributed by atoms with Crippen molar-refractivity contribution in [2.24, 2.45) is 0 Å². The van der Waals surface area contributed by atoms with Gasteiger partial charge in [0.1, 0.15) is 30.5 Å². The highest BCUT2D eigenvalue weighted by atomic mass is 16.7. The minimum Gasteiger partial charge on any atom is -0.394 e. The molecular formula is C41H77NO9. The Morgan fingerprint density at radius 2 is 1.18 bits per heavy atom. The van der Waals surface area contributed by atoms with Gasteiger partial charge in [-0.05, 0) is 19.3 Å². The Hall–Kier alpha value is -1.37. The van der Waals surface area contributed by atoms with Crippen LogP contribution in [0.2, 0.25) is 0 Å². The minimum atomic E-state index is -1.61. The highest BCUT2D eigenvalue weighted by molar-refractivity contribution is 5.80. The van der Waals surface area contributed by atoms with Crippen molar-refractivity contribution in [2.75, 3.05) is 13.2 Å². The molecule has 1 aliphatic heterocycles. The molecule has 0 spiro atoms. The number of aliphatic hydroxyl groups is 6. The van der Waals surface area contributed by atoms with E-state index >= 15 is 0 Å². The Balaban J connectivity index is 2.46. The summed E-state index contributed by atoms with van der Waals surface area (Å²) in [6.45, 7) is 3.53. The van der Waals surface area contributed by atoms with E-state index in [1.54, 1.807) is 6.08 Å². The first-order valence-corrected chi connectivity index (χ1v) is 20.7. The molecule has 1 amide bonds. The van der Waals surface area contributed by atoms with Crippen LogP contribution in [0.25, 0.3) is 0 Å². The molecule has 3 unspecified atom stereocenters. The number of unbranched alkanes of at least 4 members (excludes halogenated alkanes) is 21. The molecule has 10 heteroatoms. The van der Waals surface area contributed by atoms with Crippen molar-refractivity contribution in [1.82, 2.24) is 5.32 Å². The zero-order valence-corrected chi connectivity index (χ0v) is 32.2. The monoisotopic (exact) mass is 728 g/mol. The van der Waals surface area contributed by atoms with Gasteiger partial charge in [-0.1, -0.05) is 173 Å². The van der Waals surface area contributed by atoms with E-state index in [4.69, 9.17) is 9.47 Å². The molecule has 10 nitrogen and oxygen atoms in total. The van der Waals surface area contributed by atoms with Gasteiger partial charge in [-0.25, -0.2) is 0 Å². The number of nitrogens with one attached hydrogen (secondary N) is 1. The zero-order chi connectivity index (χ0) is 37.5. The van der Waals surface area contributed by atoms with E-state index in [1.165, 1.54) is 115 Å². The smallest absolute Gasteiger partial charge is 0.249 e. The Kier molecular flexibility index (Phi) is 30.0. The summed E-state index contributed by atoms with van der Waals surface area (Å²) >= 11 is 0. The van der Waals surface area contributed by atoms with E-state index < -0.39 is 61.5 Å². The summed E-state index contributed by atoms with van der Waals surface area (Å²) in [6.07, 6.45) is 25.7. The molecular weight excluding hydrogens is 650 g/mol. The summed E-state index contributed by atoms with van der Waals surface area (Å²) in [7, 11) is 0. The lowest BCUT2D eigenvalue weighted by atomic mass is 9.99. The SMILES string of the molecule is CCCCCCCC/C=C/C=C/[C@@H](O)[C@H](CO[C@@H]1O[C@H](CO)[C@@H](O)C(O)C1O)NC(=O)C(O)CCCCCCCCCCCCCCCCCC. The van der Waals surface area contributed by atoms with Crippen LogP contribution in [-0.2, 0) is 14.3 Å². The average molecular weight is 728 g/mol. The van der Waals surface area contributed by atoms with Gasteiger partial charge in [0.2, 0.25) is 5.91 Å². The summed E-state index contributed by atoms with van der Waals surface area (Å²) in [6, 6.07) is -1.01. The van der Waals surface area contributed by atoms with Crippen LogP contribution in [0, 0.1) is 0 Å². The molecule has 7 N–H and O–H groups in total. The highest BCUT2D eigenvalue weighted by Gasteiger charge is 2.44. The van der Waals surface area contributed by atoms with Gasteiger partial charge >= 0.3 is 0 Å². The number of amides is 1. The minimum absolute atomic E-state index is 0.303. The van der Waals surface area contributed by atoms with Crippen molar-refractivity contribution >= 4 is 5.91 Å². The standard InChI is InChI=1S/C41H77NO9/c1-3-5-7-9-11-13-15-16-17-18-19-20-22-24-26-28-30-35(45)40(49)42-33(32-50-41-39(48)38(47)37(46)36(31-43)51-41)34(44)29-27-25-23-21-14-12-10-8-6-4-2/h23,25,27,29,33-39,41,43-48H,3-22,24,26,28,30-32H2,1-2H3,(H,42,49)/b25-23+,29-27+/t33-,34+,35?,36+,37+,38?,39?,41+/m0/s1. The third kappa shape index (κ3) is 23.1. The fraction of sp³-hybridized carbons (Fsp3) is 0.878. The molecule has 0 radical (unpaired) electrons. The summed E-state index contributed by atoms with van der Waals surface area (Å²) < 4.78 is 11.1. The van der Waals surface area contributed by atoms with Crippen LogP contribution in [0.4, 0.5) is 0 Å². The van der Waals surface area contributed by atoms with E-state index in [2.05, 4.69) is 19.2 Å². The molecule has 1 saturated heterocycles. The van der Waals surface area contributed by atoms with Crippen LogP contribution < -0.4 is 5.32 Å². The lowest BCUT2D eigenvalue weighted by molar-refractivity contribution is -0.302. The molecule has 1 aliphatic rings. The molecule has 0 aliphatic carbocycles. The van der Waals surface area contributed by atoms with Crippen molar-refractivity contribution < 1.29 is 44.9 Å². The number of hydrogen-bond donors (Lipinski definition) is 7. The summed E-state index contributed by atoms with van der Waals surface area (Å²) in [5.41, 5.74) is 0. The van der Waals surface area contributed by atoms with Crippen LogP contribution in [0.1, 0.15) is 168 Å². The number of aliphatic hydroxyl groups excluding tert-OH is 6. The molecule has 0 saturated carbocycles. The first kappa shape index (κ1) is 47.7. The molecule has 0 aromatic heterocycles. The van der Waals surface area contributed by atoms with Crippen molar-refractivity contribution in [1.29, 1.82) is 0 Å². The molecule has 51 heavy (non-hydrogen) atoms. The third-order valence-electron chi connectivity index (χ3n) is 9.94. The highest BCUT2D eigenvalue weighted by Crippen LogP contribution is 2.22. The van der Waals surface area contributed by atoms with Crippen LogP contribution in [0.3, 0.4) is 0 Å². The van der Waals surface area contributed by atoms with Crippen molar-refractivity contribution in [2.45, 2.75) is 217 Å².